The lowest BCUT2D eigenvalue weighted by Gasteiger charge is -2.10. The maximum Gasteiger partial charge on any atom is 0.251 e. The first-order valence-corrected chi connectivity index (χ1v) is 10.7. The van der Waals surface area contributed by atoms with E-state index in [1.54, 1.807) is 12.1 Å². The Balaban J connectivity index is 1.66. The number of ether oxygens (including phenoxy) is 1. The van der Waals surface area contributed by atoms with Gasteiger partial charge in [-0.05, 0) is 62.7 Å². The van der Waals surface area contributed by atoms with Gasteiger partial charge in [-0.2, -0.15) is 0 Å². The van der Waals surface area contributed by atoms with Crippen molar-refractivity contribution in [3.63, 3.8) is 0 Å². The number of benzene rings is 2. The summed E-state index contributed by atoms with van der Waals surface area (Å²) < 4.78 is 5.46. The van der Waals surface area contributed by atoms with Gasteiger partial charge in [0.05, 0.1) is 18.7 Å². The van der Waals surface area contributed by atoms with E-state index < -0.39 is 0 Å². The molecule has 1 heterocycles. The number of hydrogen-bond acceptors (Lipinski definition) is 5. The van der Waals surface area contributed by atoms with Crippen LogP contribution in [-0.2, 0) is 11.2 Å². The molecule has 1 aromatic heterocycles. The molecule has 7 heteroatoms. The summed E-state index contributed by atoms with van der Waals surface area (Å²) in [5.74, 6) is 0.491. The lowest BCUT2D eigenvalue weighted by atomic mass is 10.1. The Bertz CT molecular complexity index is 1030. The highest BCUT2D eigenvalue weighted by Gasteiger charge is 2.12. The number of amides is 2. The van der Waals surface area contributed by atoms with Crippen LogP contribution >= 0.6 is 11.3 Å². The molecule has 3 rings (SSSR count). The number of nitrogens with one attached hydrogen (secondary N) is 2. The molecule has 0 saturated heterocycles. The van der Waals surface area contributed by atoms with Gasteiger partial charge in [-0.25, -0.2) is 4.98 Å². The van der Waals surface area contributed by atoms with Crippen LogP contribution < -0.4 is 15.4 Å². The number of nitrogens with zero attached hydrogens (tertiary/aromatic N) is 1. The summed E-state index contributed by atoms with van der Waals surface area (Å²) in [6, 6.07) is 13.0. The van der Waals surface area contributed by atoms with Crippen LogP contribution in [0.25, 0.3) is 10.6 Å². The lowest BCUT2D eigenvalue weighted by Crippen LogP contribution is -2.23. The normalized spacial score (nSPS) is 10.5. The Hall–Kier alpha value is -3.19. The molecule has 30 heavy (non-hydrogen) atoms. The lowest BCUT2D eigenvalue weighted by molar-refractivity contribution is -0.115. The first kappa shape index (κ1) is 21.5. The number of aromatic nitrogens is 1. The zero-order valence-corrected chi connectivity index (χ0v) is 18.1. The second-order valence-electron chi connectivity index (χ2n) is 6.72. The summed E-state index contributed by atoms with van der Waals surface area (Å²) in [5, 5.41) is 8.41. The first-order valence-electron chi connectivity index (χ1n) is 9.86. The summed E-state index contributed by atoms with van der Waals surface area (Å²) in [5.41, 5.74) is 3.74. The largest absolute Gasteiger partial charge is 0.494 e. The molecule has 0 atom stereocenters. The molecule has 0 unspecified atom stereocenters. The average Bonchev–Trinajstić information content (AvgIpc) is 3.19. The van der Waals surface area contributed by atoms with Crippen molar-refractivity contribution in [2.75, 3.05) is 18.5 Å². The fourth-order valence-corrected chi connectivity index (χ4v) is 3.73. The molecule has 3 aromatic rings. The van der Waals surface area contributed by atoms with E-state index in [1.807, 2.05) is 56.5 Å². The topological polar surface area (TPSA) is 80.3 Å². The van der Waals surface area contributed by atoms with Gasteiger partial charge in [-0.15, -0.1) is 11.3 Å². The summed E-state index contributed by atoms with van der Waals surface area (Å²) in [6.07, 6.45) is 0.165. The smallest absolute Gasteiger partial charge is 0.251 e. The molecule has 0 fully saturated rings. The highest BCUT2D eigenvalue weighted by Crippen LogP contribution is 2.26. The summed E-state index contributed by atoms with van der Waals surface area (Å²) >= 11 is 1.50. The minimum absolute atomic E-state index is 0.160. The van der Waals surface area contributed by atoms with E-state index in [0.29, 0.717) is 30.1 Å². The maximum absolute atomic E-state index is 12.5. The summed E-state index contributed by atoms with van der Waals surface area (Å²) in [4.78, 5) is 29.2. The molecule has 0 aliphatic heterocycles. The van der Waals surface area contributed by atoms with E-state index in [0.717, 1.165) is 21.9 Å². The summed E-state index contributed by atoms with van der Waals surface area (Å²) in [6.45, 7) is 6.88. The van der Waals surface area contributed by atoms with Gasteiger partial charge in [-0.1, -0.05) is 6.07 Å². The molecule has 0 bridgehead atoms. The van der Waals surface area contributed by atoms with Gasteiger partial charge in [0.1, 0.15) is 10.8 Å². The predicted octanol–water partition coefficient (Wildman–Crippen LogP) is 4.45. The quantitative estimate of drug-likeness (QED) is 0.561. The van der Waals surface area contributed by atoms with Crippen LogP contribution in [0, 0.1) is 6.92 Å². The maximum atomic E-state index is 12.5. The minimum Gasteiger partial charge on any atom is -0.494 e. The molecule has 0 aliphatic carbocycles. The van der Waals surface area contributed by atoms with E-state index >= 15 is 0 Å². The number of hydrogen-bond donors (Lipinski definition) is 2. The number of carbonyl (C=O) groups is 2. The molecule has 156 valence electrons. The number of anilines is 1. The van der Waals surface area contributed by atoms with Gasteiger partial charge in [0.15, 0.2) is 0 Å². The molecular formula is C23H25N3O3S. The fraction of sp³-hybridized carbons (Fsp3) is 0.261. The molecule has 0 saturated carbocycles. The van der Waals surface area contributed by atoms with Crippen LogP contribution in [0.15, 0.2) is 47.8 Å². The Morgan fingerprint density at radius 3 is 2.57 bits per heavy atom. The van der Waals surface area contributed by atoms with E-state index in [1.165, 1.54) is 11.3 Å². The second kappa shape index (κ2) is 10.0. The monoisotopic (exact) mass is 423 g/mol. The van der Waals surface area contributed by atoms with Crippen molar-refractivity contribution in [1.82, 2.24) is 10.3 Å². The Morgan fingerprint density at radius 2 is 1.87 bits per heavy atom. The van der Waals surface area contributed by atoms with E-state index in [2.05, 4.69) is 15.6 Å². The molecule has 0 radical (unpaired) electrons. The van der Waals surface area contributed by atoms with Gasteiger partial charge >= 0.3 is 0 Å². The molecule has 2 aromatic carbocycles. The highest BCUT2D eigenvalue weighted by atomic mass is 32.1. The third-order valence-electron chi connectivity index (χ3n) is 4.42. The van der Waals surface area contributed by atoms with Crippen molar-refractivity contribution in [3.8, 4) is 16.3 Å². The summed E-state index contributed by atoms with van der Waals surface area (Å²) in [7, 11) is 0. The highest BCUT2D eigenvalue weighted by molar-refractivity contribution is 7.13. The van der Waals surface area contributed by atoms with Crippen LogP contribution in [0.1, 0.15) is 35.5 Å². The van der Waals surface area contributed by atoms with Crippen LogP contribution in [0.5, 0.6) is 5.75 Å². The number of thiazole rings is 1. The molecular weight excluding hydrogens is 398 g/mol. The fourth-order valence-electron chi connectivity index (χ4n) is 2.90. The molecule has 0 spiro atoms. The third kappa shape index (κ3) is 5.45. The zero-order valence-electron chi connectivity index (χ0n) is 17.3. The number of rotatable bonds is 8. The van der Waals surface area contributed by atoms with Gasteiger partial charge in [0, 0.05) is 28.7 Å². The van der Waals surface area contributed by atoms with Gasteiger partial charge in [0.2, 0.25) is 5.91 Å². The van der Waals surface area contributed by atoms with Crippen LogP contribution in [-0.4, -0.2) is 29.9 Å². The third-order valence-corrected chi connectivity index (χ3v) is 5.36. The van der Waals surface area contributed by atoms with Gasteiger partial charge < -0.3 is 15.4 Å². The SMILES string of the molecule is CCNC(=O)c1ccc(C)c(NC(=O)Cc2csc(-c3ccc(OCC)cc3)n2)c1. The first-order chi connectivity index (χ1) is 14.5. The predicted molar refractivity (Wildman–Crippen MR) is 120 cm³/mol. The molecule has 2 N–H and O–H groups in total. The van der Waals surface area contributed by atoms with Crippen molar-refractivity contribution in [2.45, 2.75) is 27.2 Å². The van der Waals surface area contributed by atoms with E-state index in [9.17, 15) is 9.59 Å². The van der Waals surface area contributed by atoms with Gasteiger partial charge in [0.25, 0.3) is 5.91 Å². The van der Waals surface area contributed by atoms with Crippen LogP contribution in [0.3, 0.4) is 0 Å². The Labute approximate surface area is 180 Å². The molecule has 6 nitrogen and oxygen atoms in total. The van der Waals surface area contributed by atoms with Crippen LogP contribution in [0.2, 0.25) is 0 Å². The van der Waals surface area contributed by atoms with Crippen molar-refractivity contribution in [1.29, 1.82) is 0 Å². The number of carbonyl (C=O) groups excluding carboxylic acids is 2. The average molecular weight is 424 g/mol. The second-order valence-corrected chi connectivity index (χ2v) is 7.57. The van der Waals surface area contributed by atoms with E-state index in [-0.39, 0.29) is 18.2 Å². The number of aryl methyl sites for hydroxylation is 1. The Morgan fingerprint density at radius 1 is 1.10 bits per heavy atom. The van der Waals surface area contributed by atoms with Crippen molar-refractivity contribution in [3.05, 3.63) is 64.7 Å². The van der Waals surface area contributed by atoms with Crippen LogP contribution in [0.4, 0.5) is 5.69 Å². The van der Waals surface area contributed by atoms with Crippen molar-refractivity contribution < 1.29 is 14.3 Å². The molecule has 2 amide bonds. The van der Waals surface area contributed by atoms with Crippen molar-refractivity contribution in [2.24, 2.45) is 0 Å². The van der Waals surface area contributed by atoms with Gasteiger partial charge in [-0.3, -0.25) is 9.59 Å². The van der Waals surface area contributed by atoms with E-state index in [4.69, 9.17) is 4.74 Å². The minimum atomic E-state index is -0.172. The zero-order chi connectivity index (χ0) is 21.5. The van der Waals surface area contributed by atoms with Crippen molar-refractivity contribution >= 4 is 28.8 Å². The molecule has 0 aliphatic rings. The standard InChI is InChI=1S/C23H25N3O3S/c1-4-24-22(28)17-7-6-15(3)20(12-17)26-21(27)13-18-14-30-23(25-18)16-8-10-19(11-9-16)29-5-2/h6-12,14H,4-5,13H2,1-3H3,(H,24,28)(H,26,27). The Kier molecular flexibility index (Phi) is 7.19.